The molecule has 3 N–H and O–H groups in total. The maximum Gasteiger partial charge on any atom is 0.406 e. The van der Waals surface area contributed by atoms with Crippen LogP contribution in [0.25, 0.3) is 0 Å². The second kappa shape index (κ2) is 3.97. The van der Waals surface area contributed by atoms with Crippen LogP contribution in [-0.2, 0) is 4.79 Å². The number of aliphatic hydroxyl groups excluding tert-OH is 1. The first-order valence-corrected chi connectivity index (χ1v) is 4.54. The molecule has 1 fully saturated rings. The number of carbonyl (C=O) groups is 1. The summed E-state index contributed by atoms with van der Waals surface area (Å²) in [6, 6.07) is 0. The molecule has 0 saturated heterocycles. The fraction of sp³-hybridized carbons (Fsp3) is 0.875. The van der Waals surface area contributed by atoms with E-state index in [2.05, 4.69) is 0 Å². The highest BCUT2D eigenvalue weighted by Crippen LogP contribution is 2.34. The highest BCUT2D eigenvalue weighted by molar-refractivity contribution is 5.89. The van der Waals surface area contributed by atoms with E-state index in [0.29, 0.717) is 17.7 Å². The van der Waals surface area contributed by atoms with Crippen LogP contribution in [0, 0.1) is 0 Å². The van der Waals surface area contributed by atoms with E-state index in [1.807, 2.05) is 0 Å². The molecule has 0 heterocycles. The standard InChI is InChI=1S/C8H13F3N2O2/c9-8(10,11)5-13(3-4-14)6(15)7(12)1-2-7/h14H,1-5,12H2. The number of rotatable bonds is 4. The molecule has 1 rings (SSSR count). The van der Waals surface area contributed by atoms with Gasteiger partial charge in [-0.1, -0.05) is 0 Å². The van der Waals surface area contributed by atoms with Crippen LogP contribution >= 0.6 is 0 Å². The molecular formula is C8H13F3N2O2. The summed E-state index contributed by atoms with van der Waals surface area (Å²) >= 11 is 0. The largest absolute Gasteiger partial charge is 0.406 e. The molecular weight excluding hydrogens is 213 g/mol. The summed E-state index contributed by atoms with van der Waals surface area (Å²) in [7, 11) is 0. The first-order chi connectivity index (χ1) is 6.78. The number of aliphatic hydroxyl groups is 1. The van der Waals surface area contributed by atoms with Gasteiger partial charge in [0.25, 0.3) is 0 Å². The predicted molar refractivity (Wildman–Crippen MR) is 45.9 cm³/mol. The van der Waals surface area contributed by atoms with Crippen molar-refractivity contribution in [3.05, 3.63) is 0 Å². The normalized spacial score (nSPS) is 18.7. The Morgan fingerprint density at radius 3 is 2.33 bits per heavy atom. The SMILES string of the molecule is NC1(C(=O)N(CCO)CC(F)(F)F)CC1. The zero-order valence-electron chi connectivity index (χ0n) is 8.05. The van der Waals surface area contributed by atoms with Gasteiger partial charge in [-0.15, -0.1) is 0 Å². The van der Waals surface area contributed by atoms with E-state index >= 15 is 0 Å². The molecule has 0 aromatic carbocycles. The van der Waals surface area contributed by atoms with E-state index < -0.39 is 30.8 Å². The predicted octanol–water partition coefficient (Wildman–Crippen LogP) is -0.139. The van der Waals surface area contributed by atoms with E-state index in [9.17, 15) is 18.0 Å². The zero-order valence-corrected chi connectivity index (χ0v) is 8.05. The molecule has 0 aromatic heterocycles. The minimum Gasteiger partial charge on any atom is -0.395 e. The van der Waals surface area contributed by atoms with Crippen molar-refractivity contribution in [1.82, 2.24) is 4.90 Å². The molecule has 7 heteroatoms. The number of hydrogen-bond donors (Lipinski definition) is 2. The minimum absolute atomic E-state index is 0.336. The van der Waals surface area contributed by atoms with Crippen LogP contribution in [0.15, 0.2) is 0 Å². The highest BCUT2D eigenvalue weighted by atomic mass is 19.4. The van der Waals surface area contributed by atoms with Crippen molar-refractivity contribution in [2.45, 2.75) is 24.6 Å². The molecule has 0 radical (unpaired) electrons. The van der Waals surface area contributed by atoms with Gasteiger partial charge in [0, 0.05) is 6.54 Å². The molecule has 0 aliphatic heterocycles. The number of halogens is 3. The van der Waals surface area contributed by atoms with Gasteiger partial charge in [0.2, 0.25) is 5.91 Å². The van der Waals surface area contributed by atoms with Gasteiger partial charge >= 0.3 is 6.18 Å². The molecule has 0 unspecified atom stereocenters. The van der Waals surface area contributed by atoms with Crippen molar-refractivity contribution in [2.75, 3.05) is 19.7 Å². The van der Waals surface area contributed by atoms with Crippen LogP contribution in [0.1, 0.15) is 12.8 Å². The number of nitrogens with zero attached hydrogens (tertiary/aromatic N) is 1. The first-order valence-electron chi connectivity index (χ1n) is 4.54. The lowest BCUT2D eigenvalue weighted by molar-refractivity contribution is -0.163. The maximum atomic E-state index is 12.1. The lowest BCUT2D eigenvalue weighted by Crippen LogP contribution is -2.49. The highest BCUT2D eigenvalue weighted by Gasteiger charge is 2.49. The molecule has 0 atom stereocenters. The average Bonchev–Trinajstić information content (AvgIpc) is 2.81. The topological polar surface area (TPSA) is 66.6 Å². The lowest BCUT2D eigenvalue weighted by atomic mass is 10.2. The van der Waals surface area contributed by atoms with Crippen molar-refractivity contribution < 1.29 is 23.1 Å². The quantitative estimate of drug-likeness (QED) is 0.701. The molecule has 88 valence electrons. The molecule has 1 aliphatic carbocycles. The smallest absolute Gasteiger partial charge is 0.395 e. The maximum absolute atomic E-state index is 12.1. The molecule has 0 aromatic rings. The molecule has 1 saturated carbocycles. The van der Waals surface area contributed by atoms with Gasteiger partial charge < -0.3 is 15.7 Å². The van der Waals surface area contributed by atoms with Crippen LogP contribution in [0.4, 0.5) is 13.2 Å². The third-order valence-corrected chi connectivity index (χ3v) is 2.24. The van der Waals surface area contributed by atoms with Crippen LogP contribution in [0.3, 0.4) is 0 Å². The van der Waals surface area contributed by atoms with Crippen LogP contribution in [-0.4, -0.2) is 47.3 Å². The summed E-state index contributed by atoms with van der Waals surface area (Å²) < 4.78 is 36.2. The Bertz CT molecular complexity index is 251. The van der Waals surface area contributed by atoms with E-state index in [1.54, 1.807) is 0 Å². The second-order valence-electron chi connectivity index (χ2n) is 3.72. The van der Waals surface area contributed by atoms with Gasteiger partial charge in [0.15, 0.2) is 0 Å². The molecule has 15 heavy (non-hydrogen) atoms. The Morgan fingerprint density at radius 1 is 1.47 bits per heavy atom. The average molecular weight is 226 g/mol. The number of carbonyl (C=O) groups excluding carboxylic acids is 1. The van der Waals surface area contributed by atoms with Crippen molar-refractivity contribution in [1.29, 1.82) is 0 Å². The Balaban J connectivity index is 2.61. The van der Waals surface area contributed by atoms with Crippen LogP contribution in [0.2, 0.25) is 0 Å². The van der Waals surface area contributed by atoms with Crippen molar-refractivity contribution in [3.63, 3.8) is 0 Å². The Hall–Kier alpha value is -0.820. The Morgan fingerprint density at radius 2 is 2.00 bits per heavy atom. The number of hydrogen-bond acceptors (Lipinski definition) is 3. The summed E-state index contributed by atoms with van der Waals surface area (Å²) in [5.74, 6) is -0.728. The second-order valence-corrected chi connectivity index (χ2v) is 3.72. The molecule has 4 nitrogen and oxygen atoms in total. The number of nitrogens with two attached hydrogens (primary N) is 1. The van der Waals surface area contributed by atoms with E-state index in [0.717, 1.165) is 0 Å². The van der Waals surface area contributed by atoms with Crippen molar-refractivity contribution >= 4 is 5.91 Å². The lowest BCUT2D eigenvalue weighted by Gasteiger charge is -2.25. The Kier molecular flexibility index (Phi) is 3.25. The zero-order chi connectivity index (χ0) is 11.7. The third-order valence-electron chi connectivity index (χ3n) is 2.24. The van der Waals surface area contributed by atoms with Gasteiger partial charge in [-0.05, 0) is 12.8 Å². The fourth-order valence-electron chi connectivity index (χ4n) is 1.25. The monoisotopic (exact) mass is 226 g/mol. The summed E-state index contributed by atoms with van der Waals surface area (Å²) in [6.07, 6.45) is -3.65. The van der Waals surface area contributed by atoms with Crippen LogP contribution in [0.5, 0.6) is 0 Å². The summed E-state index contributed by atoms with van der Waals surface area (Å²) in [5, 5.41) is 8.57. The summed E-state index contributed by atoms with van der Waals surface area (Å²) in [4.78, 5) is 12.0. The third kappa shape index (κ3) is 3.35. The number of amides is 1. The van der Waals surface area contributed by atoms with E-state index in [1.165, 1.54) is 0 Å². The molecule has 0 bridgehead atoms. The Labute approximate surface area is 84.8 Å². The summed E-state index contributed by atoms with van der Waals surface area (Å²) in [6.45, 7) is -2.19. The summed E-state index contributed by atoms with van der Waals surface area (Å²) in [5.41, 5.74) is 4.38. The van der Waals surface area contributed by atoms with Gasteiger partial charge in [-0.2, -0.15) is 13.2 Å². The van der Waals surface area contributed by atoms with Crippen molar-refractivity contribution in [2.24, 2.45) is 5.73 Å². The molecule has 1 amide bonds. The molecule has 0 spiro atoms. The van der Waals surface area contributed by atoms with E-state index in [4.69, 9.17) is 10.8 Å². The minimum atomic E-state index is -4.46. The number of alkyl halides is 3. The van der Waals surface area contributed by atoms with Crippen LogP contribution < -0.4 is 5.73 Å². The first kappa shape index (κ1) is 12.3. The van der Waals surface area contributed by atoms with Gasteiger partial charge in [-0.3, -0.25) is 4.79 Å². The van der Waals surface area contributed by atoms with Gasteiger partial charge in [0.05, 0.1) is 12.1 Å². The van der Waals surface area contributed by atoms with Gasteiger partial charge in [0.1, 0.15) is 6.54 Å². The van der Waals surface area contributed by atoms with E-state index in [-0.39, 0.29) is 6.54 Å². The van der Waals surface area contributed by atoms with Crippen molar-refractivity contribution in [3.8, 4) is 0 Å². The molecule has 1 aliphatic rings. The fourth-order valence-corrected chi connectivity index (χ4v) is 1.25. The van der Waals surface area contributed by atoms with Gasteiger partial charge in [-0.25, -0.2) is 0 Å².